The van der Waals surface area contributed by atoms with Gasteiger partial charge in [0.25, 0.3) is 0 Å². The smallest absolute Gasteiger partial charge is 0.246 e. The Bertz CT molecular complexity index is 2650. The van der Waals surface area contributed by atoms with Crippen LogP contribution in [0.3, 0.4) is 0 Å². The number of Topliss-reactive ketones (excluding diaryl/α,β-unsaturated/α-hetero) is 1. The number of aromatic amines is 1. The molecule has 0 aliphatic carbocycles. The largest absolute Gasteiger partial charge is 0.394 e. The summed E-state index contributed by atoms with van der Waals surface area (Å²) in [6.45, 7) is 2.24. The van der Waals surface area contributed by atoms with E-state index >= 15 is 9.59 Å². The molecular weight excluding hydrogens is 1030 g/mol. The van der Waals surface area contributed by atoms with Crippen LogP contribution in [-0.2, 0) is 64.7 Å². The number of amides is 10. The number of likely N-dealkylation sites (tertiary alicyclic amines) is 1. The monoisotopic (exact) mass is 1100 g/mol. The number of ketones is 1. The molecule has 6 aliphatic rings. The summed E-state index contributed by atoms with van der Waals surface area (Å²) >= 11 is 5.22. The maximum absolute atomic E-state index is 16.2. The summed E-state index contributed by atoms with van der Waals surface area (Å²) in [5.74, 6) is -10.9. The summed E-state index contributed by atoms with van der Waals surface area (Å²) in [6, 6.07) is -4.30. The Morgan fingerprint density at radius 2 is 1.58 bits per heavy atom. The zero-order chi connectivity index (χ0) is 55.3. The fourth-order valence-corrected chi connectivity index (χ4v) is 11.9. The first-order chi connectivity index (χ1) is 36.1. The van der Waals surface area contributed by atoms with E-state index < -0.39 is 169 Å². The number of aliphatic hydroxyl groups excluding tert-OH is 3. The highest BCUT2D eigenvalue weighted by atomic mass is 32.2. The lowest BCUT2D eigenvalue weighted by atomic mass is 9.75. The number of nitrogens with one attached hydrogen (secondary N) is 8. The second-order valence-corrected chi connectivity index (χ2v) is 22.0. The van der Waals surface area contributed by atoms with Gasteiger partial charge in [-0.25, -0.2) is 0 Å². The van der Waals surface area contributed by atoms with Gasteiger partial charge < -0.3 is 62.8 Å². The minimum Gasteiger partial charge on any atom is -0.394 e. The van der Waals surface area contributed by atoms with E-state index in [0.717, 1.165) is 21.6 Å². The molecule has 25 nitrogen and oxygen atoms in total. The molecule has 0 saturated carbocycles. The van der Waals surface area contributed by atoms with E-state index in [1.54, 1.807) is 32.0 Å². The number of rotatable bonds is 13. The van der Waals surface area contributed by atoms with E-state index in [2.05, 4.69) is 54.8 Å². The first-order valence-corrected chi connectivity index (χ1v) is 27.0. The van der Waals surface area contributed by atoms with Gasteiger partial charge in [0.1, 0.15) is 29.7 Å². The van der Waals surface area contributed by atoms with Crippen molar-refractivity contribution in [3.05, 3.63) is 29.3 Å². The molecule has 7 heterocycles. The van der Waals surface area contributed by atoms with Crippen LogP contribution in [0.5, 0.6) is 0 Å². The quantitative estimate of drug-likeness (QED) is 0.0520. The topological polar surface area (TPSA) is 381 Å². The maximum Gasteiger partial charge on any atom is 0.246 e. The molecule has 12 atom stereocenters. The molecule has 8 rings (SSSR count). The van der Waals surface area contributed by atoms with Gasteiger partial charge in [-0.05, 0) is 36.0 Å². The van der Waals surface area contributed by atoms with Crippen LogP contribution in [0.15, 0.2) is 23.2 Å². The van der Waals surface area contributed by atoms with Crippen molar-refractivity contribution in [1.29, 1.82) is 0 Å². The third-order valence-electron chi connectivity index (χ3n) is 15.1. The number of thioether (sulfide) groups is 1. The summed E-state index contributed by atoms with van der Waals surface area (Å²) in [6.07, 6.45) is -3.58. The molecule has 1 aromatic carbocycles. The number of imide groups is 1. The van der Waals surface area contributed by atoms with Crippen molar-refractivity contribution in [2.45, 2.75) is 143 Å². The van der Waals surface area contributed by atoms with Gasteiger partial charge in [-0.1, -0.05) is 52.2 Å². The van der Waals surface area contributed by atoms with Crippen molar-refractivity contribution in [2.24, 2.45) is 17.6 Å². The number of hydrogen-bond acceptors (Lipinski definition) is 17. The predicted octanol–water partition coefficient (Wildman–Crippen LogP) is -3.77. The lowest BCUT2D eigenvalue weighted by molar-refractivity contribution is -0.145. The van der Waals surface area contributed by atoms with Crippen molar-refractivity contribution in [1.82, 2.24) is 52.0 Å². The number of hydrogen-bond donors (Lipinski definition) is 13. The number of aromatic nitrogens is 1. The van der Waals surface area contributed by atoms with Crippen LogP contribution in [0.25, 0.3) is 10.9 Å². The Balaban J connectivity index is 1.44. The van der Waals surface area contributed by atoms with Crippen LogP contribution in [0.1, 0.15) is 83.3 Å². The molecular formula is C49H67N11O14S2. The second kappa shape index (κ2) is 24.5. The Morgan fingerprint density at radius 3 is 2.25 bits per heavy atom. The Labute approximate surface area is 446 Å². The molecule has 1 aromatic heterocycles. The molecule has 2 aromatic rings. The van der Waals surface area contributed by atoms with Crippen LogP contribution in [-0.4, -0.2) is 187 Å². The molecule has 2 fully saturated rings. The Hall–Kier alpha value is -6.13. The number of carbonyl (C=O) groups excluding carboxylic acids is 11. The van der Waals surface area contributed by atoms with E-state index in [0.29, 0.717) is 27.9 Å². The average molecular weight is 1100 g/mol. The molecule has 10 amide bonds. The van der Waals surface area contributed by atoms with Crippen molar-refractivity contribution in [2.75, 3.05) is 38.5 Å². The minimum atomic E-state index is -2.07. The van der Waals surface area contributed by atoms with Gasteiger partial charge in [-0.15, -0.1) is 11.8 Å². The zero-order valence-electron chi connectivity index (χ0n) is 42.3. The van der Waals surface area contributed by atoms with Crippen molar-refractivity contribution < 1.29 is 68.1 Å². The third-order valence-corrected chi connectivity index (χ3v) is 16.6. The molecule has 414 valence electrons. The summed E-state index contributed by atoms with van der Waals surface area (Å²) in [5, 5.41) is 51.9. The van der Waals surface area contributed by atoms with E-state index in [-0.39, 0.29) is 62.8 Å². The normalized spacial score (nSPS) is 29.5. The average Bonchev–Trinajstić information content (AvgIpc) is 4.03. The van der Waals surface area contributed by atoms with E-state index in [1.165, 1.54) is 6.92 Å². The van der Waals surface area contributed by atoms with Gasteiger partial charge in [0.05, 0.1) is 60.7 Å². The number of nitrogens with two attached hydrogens (primary N) is 1. The maximum atomic E-state index is 16.2. The van der Waals surface area contributed by atoms with Gasteiger partial charge in [0.15, 0.2) is 5.78 Å². The van der Waals surface area contributed by atoms with Crippen molar-refractivity contribution in [3.8, 4) is 0 Å². The molecule has 6 aliphatic heterocycles. The zero-order valence-corrected chi connectivity index (χ0v) is 44.1. The van der Waals surface area contributed by atoms with Crippen molar-refractivity contribution in [3.63, 3.8) is 0 Å². The van der Waals surface area contributed by atoms with Gasteiger partial charge in [0.2, 0.25) is 59.1 Å². The number of H-pyrrole nitrogens is 1. The number of fused-ring (bicyclic) bond motifs is 7. The highest BCUT2D eigenvalue weighted by molar-refractivity contribution is 7.99. The third kappa shape index (κ3) is 12.5. The first-order valence-electron chi connectivity index (χ1n) is 25.5. The predicted molar refractivity (Wildman–Crippen MR) is 274 cm³/mol. The van der Waals surface area contributed by atoms with Crippen LogP contribution in [0.2, 0.25) is 0 Å². The number of primary amides is 1. The lowest BCUT2D eigenvalue weighted by Gasteiger charge is -2.43. The molecule has 27 heteroatoms. The van der Waals surface area contributed by atoms with Crippen LogP contribution in [0.4, 0.5) is 0 Å². The SMILES string of the molecule is CCC(C)C1NC(=O)CNC(=O)C2Cc3c4[nH]c5cc(ccc35)C(CCCCCN3C(=O)CC(S)C3=O)(NC(C(C)C(O)CO)C(=O)N2)C(=O)C2CC(O)CN2C(=O)C(CC(N)=O)NC(=O)C(CS4)NC(=O)CNC1=O. The molecule has 8 bridgehead atoms. The van der Waals surface area contributed by atoms with E-state index in [1.807, 2.05) is 0 Å². The number of benzene rings is 1. The molecule has 0 spiro atoms. The molecule has 13 N–H and O–H groups in total. The lowest BCUT2D eigenvalue weighted by Crippen LogP contribution is -2.66. The summed E-state index contributed by atoms with van der Waals surface area (Å²) in [7, 11) is 0. The first kappa shape index (κ1) is 57.6. The van der Waals surface area contributed by atoms with E-state index in [4.69, 9.17) is 5.73 Å². The second-order valence-electron chi connectivity index (χ2n) is 20.3. The van der Waals surface area contributed by atoms with E-state index in [9.17, 15) is 58.5 Å². The summed E-state index contributed by atoms with van der Waals surface area (Å²) in [4.78, 5) is 160. The fourth-order valence-electron chi connectivity index (χ4n) is 10.5. The number of unbranched alkanes of at least 4 members (excludes halogenated alkanes) is 2. The van der Waals surface area contributed by atoms with Crippen LogP contribution >= 0.6 is 24.4 Å². The summed E-state index contributed by atoms with van der Waals surface area (Å²) in [5.41, 5.74) is 4.62. The Kier molecular flexibility index (Phi) is 18.5. The number of aliphatic hydroxyl groups is 3. The molecule has 0 radical (unpaired) electrons. The highest BCUT2D eigenvalue weighted by Gasteiger charge is 2.53. The fraction of sp³-hybridized carbons (Fsp3) is 0.612. The molecule has 12 unspecified atom stereocenters. The van der Waals surface area contributed by atoms with Gasteiger partial charge in [-0.3, -0.25) is 63.0 Å². The minimum absolute atomic E-state index is 0.0404. The van der Waals surface area contributed by atoms with Crippen molar-refractivity contribution >= 4 is 100 Å². The number of carbonyl (C=O) groups is 11. The Morgan fingerprint density at radius 1 is 0.868 bits per heavy atom. The molecule has 2 saturated heterocycles. The van der Waals surface area contributed by atoms with Gasteiger partial charge in [-0.2, -0.15) is 12.6 Å². The highest BCUT2D eigenvalue weighted by Crippen LogP contribution is 2.40. The van der Waals surface area contributed by atoms with Crippen LogP contribution in [0, 0.1) is 11.8 Å². The summed E-state index contributed by atoms with van der Waals surface area (Å²) < 4.78 is 0. The van der Waals surface area contributed by atoms with Crippen LogP contribution < -0.4 is 43.0 Å². The van der Waals surface area contributed by atoms with Gasteiger partial charge >= 0.3 is 0 Å². The number of nitrogens with zero attached hydrogens (tertiary/aromatic N) is 2. The standard InChI is InChI=1S/C49H67N11O14S2/c1-4-22(2)39-44(71)52-17-36(65)53-31-21-76-46-27-14-29(42(69)51-18-37(66)57-39)54-45(72)40(23(3)33(63)20-61)58-49(24-8-9-26(27)28(12-24)56-46,10-6-5-7-11-59-38(67)16-34(75)48(59)74)41(68)32-13-25(62)19-60(32)47(73)30(15-35(50)64)55-43(31)70/h8-9,12,22-23,25,29-34,39-40,56,58,61-63,75H,4-7,10-11,13-21H2,1-3H3,(H2,50,64)(H,51,69)(H,52,71)(H,53,65)(H,54,72)(H,55,70)(H,57,66). The van der Waals surface area contributed by atoms with Gasteiger partial charge in [0, 0.05) is 54.9 Å². The number of thiol groups is 1. The molecule has 76 heavy (non-hydrogen) atoms.